The minimum Gasteiger partial charge on any atom is -0.494 e. The Bertz CT molecular complexity index is 1450. The van der Waals surface area contributed by atoms with Gasteiger partial charge in [-0.1, -0.05) is 147 Å². The predicted molar refractivity (Wildman–Crippen MR) is 266 cm³/mol. The van der Waals surface area contributed by atoms with E-state index in [4.69, 9.17) is 29.0 Å². The van der Waals surface area contributed by atoms with Gasteiger partial charge in [-0.15, -0.1) is 0 Å². The maximum atomic E-state index is 12.8. The molecule has 0 aliphatic carbocycles. The number of aryl methyl sites for hydroxylation is 1. The lowest BCUT2D eigenvalue weighted by Gasteiger charge is -2.20. The van der Waals surface area contributed by atoms with Crippen LogP contribution >= 0.6 is 7.82 Å². The molecule has 11 nitrogen and oxygen atoms in total. The molecule has 0 fully saturated rings. The van der Waals surface area contributed by atoms with E-state index in [-0.39, 0.29) is 44.7 Å². The summed E-state index contributed by atoms with van der Waals surface area (Å²) in [6.45, 7) is 5.81. The number of phosphoric acid groups is 1. The molecular weight excluding hydrogens is 842 g/mol. The van der Waals surface area contributed by atoms with Crippen molar-refractivity contribution in [1.82, 2.24) is 0 Å². The molecule has 1 aromatic carbocycles. The number of nitrogen functional groups attached to an aromatic ring is 1. The van der Waals surface area contributed by atoms with Gasteiger partial charge in [-0.3, -0.25) is 23.4 Å². The zero-order valence-corrected chi connectivity index (χ0v) is 42.1. The number of nitrogens with two attached hydrogens (primary N) is 1. The lowest BCUT2D eigenvalue weighted by atomic mass is 10.1. The molecule has 1 aromatic rings. The largest absolute Gasteiger partial charge is 0.494 e. The molecule has 0 radical (unpaired) electrons. The number of carbonyl (C=O) groups is 3. The molecular formula is C53H92NO10P. The Balaban J connectivity index is 2.41. The van der Waals surface area contributed by atoms with Gasteiger partial charge < -0.3 is 24.8 Å². The average molecular weight is 934 g/mol. The molecule has 0 heterocycles. The van der Waals surface area contributed by atoms with E-state index in [0.717, 1.165) is 76.2 Å². The highest BCUT2D eigenvalue weighted by Gasteiger charge is 2.26. The van der Waals surface area contributed by atoms with Crippen molar-refractivity contribution in [3.05, 3.63) is 48.1 Å². The third-order valence-electron chi connectivity index (χ3n) is 11.4. The molecule has 0 aliphatic heterocycles. The summed E-state index contributed by atoms with van der Waals surface area (Å²) in [6.07, 6.45) is 39.8. The summed E-state index contributed by atoms with van der Waals surface area (Å²) in [5.74, 6) is -0.267. The molecule has 0 aliphatic rings. The normalized spacial score (nSPS) is 13.0. The van der Waals surface area contributed by atoms with Crippen molar-refractivity contribution in [2.45, 2.75) is 232 Å². The number of ketones is 1. The lowest BCUT2D eigenvalue weighted by molar-refractivity contribution is -0.161. The number of anilines is 1. The average Bonchev–Trinajstić information content (AvgIpc) is 3.28. The number of ether oxygens (including phenoxy) is 3. The molecule has 0 saturated carbocycles. The maximum Gasteiger partial charge on any atom is 0.472 e. The molecule has 12 heteroatoms. The molecule has 1 unspecified atom stereocenters. The minimum atomic E-state index is -4.55. The zero-order valence-electron chi connectivity index (χ0n) is 41.2. The molecule has 374 valence electrons. The summed E-state index contributed by atoms with van der Waals surface area (Å²) < 4.78 is 39.7. The molecule has 0 bridgehead atoms. The number of Topliss-reactive ketones (excluding diaryl/α,β-unsaturated/α-hetero) is 1. The van der Waals surface area contributed by atoms with Crippen molar-refractivity contribution < 1.29 is 47.1 Å². The number of carbonyl (C=O) groups excluding carboxylic acids is 3. The van der Waals surface area contributed by atoms with Crippen LogP contribution in [0.15, 0.2) is 42.5 Å². The Labute approximate surface area is 395 Å². The number of rotatable bonds is 46. The minimum absolute atomic E-state index is 0.0175. The quantitative estimate of drug-likeness (QED) is 0.0210. The van der Waals surface area contributed by atoms with Crippen LogP contribution in [0.5, 0.6) is 5.75 Å². The van der Waals surface area contributed by atoms with Gasteiger partial charge in [-0.2, -0.15) is 0 Å². The van der Waals surface area contributed by atoms with E-state index in [9.17, 15) is 23.8 Å². The highest BCUT2D eigenvalue weighted by Crippen LogP contribution is 2.43. The van der Waals surface area contributed by atoms with E-state index < -0.39 is 32.5 Å². The Hall–Kier alpha value is -2.98. The van der Waals surface area contributed by atoms with Gasteiger partial charge in [0.05, 0.1) is 19.8 Å². The first-order valence-electron chi connectivity index (χ1n) is 25.8. The Kier molecular flexibility index (Phi) is 39.1. The lowest BCUT2D eigenvalue weighted by Crippen LogP contribution is -2.29. The standard InChI is InChI=1S/C53H92NO10P/c1-4-6-8-10-12-14-16-18-20-22-24-26-28-30-32-38-52(56)61-45-50(64-53(57)39-33-31-29-27-25-23-21-19-17-15-13-11-9-7-5-2)46-63-65(58,59)62-43-35-37-48(55)36-34-42-60-49-41-40-47(3)51(54)44-49/h18-21,40-41,44,50H,4-17,22-39,42-43,45-46,54H2,1-3H3,(H,58,59)/b20-18-,21-19-/t50-/m0/s1. The van der Waals surface area contributed by atoms with Gasteiger partial charge in [-0.05, 0) is 95.6 Å². The van der Waals surface area contributed by atoms with Crippen molar-refractivity contribution in [2.75, 3.05) is 32.2 Å². The summed E-state index contributed by atoms with van der Waals surface area (Å²) in [5, 5.41) is 0. The number of phosphoric ester groups is 1. The molecule has 1 rings (SSSR count). The number of hydrogen-bond donors (Lipinski definition) is 2. The number of esters is 2. The highest BCUT2D eigenvalue weighted by molar-refractivity contribution is 7.47. The summed E-state index contributed by atoms with van der Waals surface area (Å²) >= 11 is 0. The second-order valence-electron chi connectivity index (χ2n) is 17.7. The first-order valence-corrected chi connectivity index (χ1v) is 27.3. The maximum absolute atomic E-state index is 12.8. The number of hydrogen-bond acceptors (Lipinski definition) is 10. The summed E-state index contributed by atoms with van der Waals surface area (Å²) in [6, 6.07) is 5.47. The zero-order chi connectivity index (χ0) is 47.5. The smallest absolute Gasteiger partial charge is 0.472 e. The van der Waals surface area contributed by atoms with Crippen molar-refractivity contribution >= 4 is 31.2 Å². The third-order valence-corrected chi connectivity index (χ3v) is 12.4. The second-order valence-corrected chi connectivity index (χ2v) is 19.1. The molecule has 2 atom stereocenters. The number of benzene rings is 1. The van der Waals surface area contributed by atoms with Crippen LogP contribution in [0.3, 0.4) is 0 Å². The topological polar surface area (TPSA) is 161 Å². The van der Waals surface area contributed by atoms with Crippen LogP contribution in [-0.2, 0) is 37.5 Å². The van der Waals surface area contributed by atoms with Gasteiger partial charge in [0.2, 0.25) is 0 Å². The van der Waals surface area contributed by atoms with Crippen LogP contribution in [0.1, 0.15) is 225 Å². The van der Waals surface area contributed by atoms with E-state index in [0.29, 0.717) is 43.7 Å². The van der Waals surface area contributed by atoms with Crippen LogP contribution in [0.4, 0.5) is 5.69 Å². The molecule has 0 amide bonds. The van der Waals surface area contributed by atoms with E-state index in [1.807, 2.05) is 19.1 Å². The number of allylic oxidation sites excluding steroid dienone is 4. The van der Waals surface area contributed by atoms with Crippen molar-refractivity contribution in [3.8, 4) is 5.75 Å². The van der Waals surface area contributed by atoms with Crippen LogP contribution in [0.2, 0.25) is 0 Å². The van der Waals surface area contributed by atoms with Crippen LogP contribution < -0.4 is 10.5 Å². The fraction of sp³-hybridized carbons (Fsp3) is 0.755. The second kappa shape index (κ2) is 42.4. The van der Waals surface area contributed by atoms with E-state index in [1.165, 1.54) is 83.5 Å². The Morgan fingerprint density at radius 3 is 1.55 bits per heavy atom. The SMILES string of the molecule is CCCCCCCC/C=C\CCCCCCCC(=O)OC[C@@H](COP(=O)(O)OCCCC(=O)CCCOc1ccc(C)c(N)c1)OC(=O)CCCCCCC/C=C\CCCCCCCC. The van der Waals surface area contributed by atoms with Crippen molar-refractivity contribution in [3.63, 3.8) is 0 Å². The molecule has 3 N–H and O–H groups in total. The number of unbranched alkanes of at least 4 members (excludes halogenated alkanes) is 22. The van der Waals surface area contributed by atoms with E-state index >= 15 is 0 Å². The molecule has 65 heavy (non-hydrogen) atoms. The van der Waals surface area contributed by atoms with Gasteiger partial charge in [0.15, 0.2) is 6.10 Å². The third kappa shape index (κ3) is 38.8. The Morgan fingerprint density at radius 1 is 0.585 bits per heavy atom. The first kappa shape index (κ1) is 60.0. The summed E-state index contributed by atoms with van der Waals surface area (Å²) in [7, 11) is -4.55. The molecule has 0 saturated heterocycles. The van der Waals surface area contributed by atoms with Crippen LogP contribution in [0, 0.1) is 6.92 Å². The van der Waals surface area contributed by atoms with Crippen molar-refractivity contribution in [2.24, 2.45) is 0 Å². The molecule has 0 spiro atoms. The van der Waals surface area contributed by atoms with Crippen molar-refractivity contribution in [1.29, 1.82) is 0 Å². The van der Waals surface area contributed by atoms with Gasteiger partial charge in [-0.25, -0.2) is 4.57 Å². The van der Waals surface area contributed by atoms with Crippen LogP contribution in [-0.4, -0.2) is 55.1 Å². The van der Waals surface area contributed by atoms with Gasteiger partial charge in [0, 0.05) is 37.4 Å². The monoisotopic (exact) mass is 934 g/mol. The van der Waals surface area contributed by atoms with Crippen LogP contribution in [0.25, 0.3) is 0 Å². The fourth-order valence-corrected chi connectivity index (χ4v) is 8.04. The fourth-order valence-electron chi connectivity index (χ4n) is 7.26. The predicted octanol–water partition coefficient (Wildman–Crippen LogP) is 14.7. The summed E-state index contributed by atoms with van der Waals surface area (Å²) in [4.78, 5) is 48.1. The first-order chi connectivity index (χ1) is 31.6. The van der Waals surface area contributed by atoms with E-state index in [2.05, 4.69) is 38.2 Å². The summed E-state index contributed by atoms with van der Waals surface area (Å²) in [5.41, 5.74) is 7.53. The van der Waals surface area contributed by atoms with Gasteiger partial charge in [0.25, 0.3) is 0 Å². The van der Waals surface area contributed by atoms with Gasteiger partial charge in [0.1, 0.15) is 18.1 Å². The Morgan fingerprint density at radius 2 is 1.05 bits per heavy atom. The van der Waals surface area contributed by atoms with Gasteiger partial charge >= 0.3 is 19.8 Å². The van der Waals surface area contributed by atoms with E-state index in [1.54, 1.807) is 6.07 Å². The highest BCUT2D eigenvalue weighted by atomic mass is 31.2. The molecule has 0 aromatic heterocycles.